The molecule has 0 spiro atoms. The molecule has 0 saturated carbocycles. The van der Waals surface area contributed by atoms with E-state index < -0.39 is 6.16 Å². The van der Waals surface area contributed by atoms with Crippen LogP contribution in [0.15, 0.2) is 23.1 Å². The summed E-state index contributed by atoms with van der Waals surface area (Å²) in [5, 5.41) is 8.54. The summed E-state index contributed by atoms with van der Waals surface area (Å²) in [4.78, 5) is 11.6. The zero-order valence-corrected chi connectivity index (χ0v) is 9.62. The first kappa shape index (κ1) is 11.1. The zero-order chi connectivity index (χ0) is 11.5. The van der Waals surface area contributed by atoms with Crippen molar-refractivity contribution in [3.05, 3.63) is 23.8 Å². The van der Waals surface area contributed by atoms with Crippen molar-refractivity contribution in [3.8, 4) is 5.75 Å². The quantitative estimate of drug-likeness (QED) is 0.804. The minimum absolute atomic E-state index is 0.247. The van der Waals surface area contributed by atoms with Crippen molar-refractivity contribution in [1.82, 2.24) is 0 Å². The van der Waals surface area contributed by atoms with Crippen LogP contribution in [-0.2, 0) is 11.2 Å². The molecule has 86 valence electrons. The number of ether oxygens (including phenoxy) is 2. The molecule has 0 aromatic heterocycles. The van der Waals surface area contributed by atoms with Gasteiger partial charge >= 0.3 is 6.16 Å². The number of fused-ring (bicyclic) bond motifs is 1. The van der Waals surface area contributed by atoms with E-state index in [1.807, 2.05) is 18.2 Å². The van der Waals surface area contributed by atoms with Crippen LogP contribution in [0.4, 0.5) is 4.79 Å². The van der Waals surface area contributed by atoms with E-state index in [1.165, 1.54) is 0 Å². The van der Waals surface area contributed by atoms with Crippen LogP contribution in [0.3, 0.4) is 0 Å². The Morgan fingerprint density at radius 3 is 3.06 bits per heavy atom. The van der Waals surface area contributed by atoms with Crippen LogP contribution in [0.1, 0.15) is 5.56 Å². The van der Waals surface area contributed by atoms with Gasteiger partial charge in [0.25, 0.3) is 0 Å². The SMILES string of the molecule is COc1ccc2c(c1)SCC(OC(=O)O)C2. The van der Waals surface area contributed by atoms with Crippen molar-refractivity contribution in [2.24, 2.45) is 0 Å². The molecule has 0 saturated heterocycles. The molecule has 0 bridgehead atoms. The van der Waals surface area contributed by atoms with Gasteiger partial charge in [0, 0.05) is 17.1 Å². The molecule has 0 amide bonds. The minimum Gasteiger partial charge on any atom is -0.497 e. The Hall–Kier alpha value is -1.36. The molecule has 0 radical (unpaired) electrons. The van der Waals surface area contributed by atoms with E-state index in [-0.39, 0.29) is 6.10 Å². The lowest BCUT2D eigenvalue weighted by atomic mass is 10.1. The standard InChI is InChI=1S/C11H12O4S/c1-14-8-3-2-7-4-9(15-11(12)13)6-16-10(7)5-8/h2-3,5,9H,4,6H2,1H3,(H,12,13). The summed E-state index contributed by atoms with van der Waals surface area (Å²) in [6.07, 6.45) is -0.815. The molecule has 1 aliphatic rings. The number of carbonyl (C=O) groups is 1. The Balaban J connectivity index is 2.12. The van der Waals surface area contributed by atoms with Crippen LogP contribution in [0.25, 0.3) is 0 Å². The second kappa shape index (κ2) is 4.65. The lowest BCUT2D eigenvalue weighted by Crippen LogP contribution is -2.25. The van der Waals surface area contributed by atoms with E-state index in [9.17, 15) is 4.79 Å². The molecule has 1 heterocycles. The maximum Gasteiger partial charge on any atom is 0.506 e. The molecule has 1 atom stereocenters. The third kappa shape index (κ3) is 2.41. The van der Waals surface area contributed by atoms with Gasteiger partial charge < -0.3 is 14.6 Å². The molecular weight excluding hydrogens is 228 g/mol. The molecule has 2 rings (SSSR count). The Morgan fingerprint density at radius 2 is 2.38 bits per heavy atom. The normalized spacial score (nSPS) is 18.7. The van der Waals surface area contributed by atoms with Gasteiger partial charge in [-0.3, -0.25) is 0 Å². The van der Waals surface area contributed by atoms with E-state index in [0.717, 1.165) is 16.2 Å². The molecule has 4 nitrogen and oxygen atoms in total. The minimum atomic E-state index is -1.21. The van der Waals surface area contributed by atoms with E-state index in [0.29, 0.717) is 12.2 Å². The Bertz CT molecular complexity index is 405. The molecule has 5 heteroatoms. The topological polar surface area (TPSA) is 55.8 Å². The molecule has 1 aromatic rings. The van der Waals surface area contributed by atoms with Gasteiger partial charge in [0.1, 0.15) is 11.9 Å². The fourth-order valence-electron chi connectivity index (χ4n) is 1.67. The summed E-state index contributed by atoms with van der Waals surface area (Å²) in [6, 6.07) is 5.80. The highest BCUT2D eigenvalue weighted by atomic mass is 32.2. The highest BCUT2D eigenvalue weighted by molar-refractivity contribution is 7.99. The van der Waals surface area contributed by atoms with Crippen molar-refractivity contribution in [2.75, 3.05) is 12.9 Å². The Labute approximate surface area is 97.6 Å². The van der Waals surface area contributed by atoms with Gasteiger partial charge in [0.05, 0.1) is 7.11 Å². The molecular formula is C11H12O4S. The fraction of sp³-hybridized carbons (Fsp3) is 0.364. The van der Waals surface area contributed by atoms with Crippen LogP contribution in [-0.4, -0.2) is 30.2 Å². The first-order valence-corrected chi connectivity index (χ1v) is 5.87. The number of rotatable bonds is 2. The van der Waals surface area contributed by atoms with Gasteiger partial charge in [0.15, 0.2) is 0 Å². The average molecular weight is 240 g/mol. The number of thioether (sulfide) groups is 1. The number of carboxylic acid groups (broad SMARTS) is 1. The van der Waals surface area contributed by atoms with Gasteiger partial charge in [-0.25, -0.2) is 4.79 Å². The fourth-order valence-corrected chi connectivity index (χ4v) is 2.76. The number of methoxy groups -OCH3 is 1. The first-order chi connectivity index (χ1) is 7.69. The van der Waals surface area contributed by atoms with E-state index >= 15 is 0 Å². The van der Waals surface area contributed by atoms with Crippen molar-refractivity contribution >= 4 is 17.9 Å². The van der Waals surface area contributed by atoms with Crippen LogP contribution in [0, 0.1) is 0 Å². The van der Waals surface area contributed by atoms with Crippen molar-refractivity contribution in [1.29, 1.82) is 0 Å². The molecule has 0 fully saturated rings. The molecule has 1 aliphatic heterocycles. The van der Waals surface area contributed by atoms with Gasteiger partial charge in [0.2, 0.25) is 0 Å². The average Bonchev–Trinajstić information content (AvgIpc) is 2.27. The summed E-state index contributed by atoms with van der Waals surface area (Å²) in [5.74, 6) is 1.48. The van der Waals surface area contributed by atoms with Crippen molar-refractivity contribution < 1.29 is 19.4 Å². The van der Waals surface area contributed by atoms with Crippen LogP contribution in [0.5, 0.6) is 5.75 Å². The van der Waals surface area contributed by atoms with Gasteiger partial charge in [-0.15, -0.1) is 11.8 Å². The highest BCUT2D eigenvalue weighted by Crippen LogP contribution is 2.33. The third-order valence-electron chi connectivity index (χ3n) is 2.41. The van der Waals surface area contributed by atoms with Crippen LogP contribution < -0.4 is 4.74 Å². The molecule has 16 heavy (non-hydrogen) atoms. The van der Waals surface area contributed by atoms with Crippen molar-refractivity contribution in [3.63, 3.8) is 0 Å². The van der Waals surface area contributed by atoms with Crippen molar-refractivity contribution in [2.45, 2.75) is 17.4 Å². The van der Waals surface area contributed by atoms with E-state index in [1.54, 1.807) is 18.9 Å². The predicted octanol–water partition coefficient (Wildman–Crippen LogP) is 2.41. The summed E-state index contributed by atoms with van der Waals surface area (Å²) in [7, 11) is 1.63. The second-order valence-electron chi connectivity index (χ2n) is 3.49. The smallest absolute Gasteiger partial charge is 0.497 e. The Morgan fingerprint density at radius 1 is 1.56 bits per heavy atom. The summed E-state index contributed by atoms with van der Waals surface area (Å²) in [6.45, 7) is 0. The molecule has 0 aliphatic carbocycles. The van der Waals surface area contributed by atoms with Crippen LogP contribution in [0.2, 0.25) is 0 Å². The maximum absolute atomic E-state index is 10.4. The van der Waals surface area contributed by atoms with E-state index in [2.05, 4.69) is 0 Å². The highest BCUT2D eigenvalue weighted by Gasteiger charge is 2.22. The number of hydrogen-bond acceptors (Lipinski definition) is 4. The Kier molecular flexibility index (Phi) is 3.24. The first-order valence-electron chi connectivity index (χ1n) is 4.88. The lowest BCUT2D eigenvalue weighted by molar-refractivity contribution is 0.0602. The molecule has 1 unspecified atom stereocenters. The second-order valence-corrected chi connectivity index (χ2v) is 4.56. The lowest BCUT2D eigenvalue weighted by Gasteiger charge is -2.23. The molecule has 1 N–H and O–H groups in total. The molecule has 1 aromatic carbocycles. The van der Waals surface area contributed by atoms with Gasteiger partial charge in [-0.05, 0) is 17.7 Å². The van der Waals surface area contributed by atoms with E-state index in [4.69, 9.17) is 14.6 Å². The third-order valence-corrected chi connectivity index (χ3v) is 3.64. The number of benzene rings is 1. The monoisotopic (exact) mass is 240 g/mol. The van der Waals surface area contributed by atoms with Gasteiger partial charge in [-0.2, -0.15) is 0 Å². The largest absolute Gasteiger partial charge is 0.506 e. The van der Waals surface area contributed by atoms with Gasteiger partial charge in [-0.1, -0.05) is 6.07 Å². The summed E-state index contributed by atoms with van der Waals surface area (Å²) in [5.41, 5.74) is 1.11. The van der Waals surface area contributed by atoms with Crippen LogP contribution >= 0.6 is 11.8 Å². The summed E-state index contributed by atoms with van der Waals surface area (Å²) < 4.78 is 9.90. The predicted molar refractivity (Wildman–Crippen MR) is 60.3 cm³/mol. The zero-order valence-electron chi connectivity index (χ0n) is 8.80. The summed E-state index contributed by atoms with van der Waals surface area (Å²) >= 11 is 1.60. The number of hydrogen-bond donors (Lipinski definition) is 1. The maximum atomic E-state index is 10.4.